The first-order valence-corrected chi connectivity index (χ1v) is 4.64. The summed E-state index contributed by atoms with van der Waals surface area (Å²) in [5.41, 5.74) is 1.50. The molecule has 4 heteroatoms. The number of aliphatic hydroxyl groups excluding tert-OH is 1. The SMILES string of the molecule is COc1ccccc1-n1ccc(CO)n1. The predicted molar refractivity (Wildman–Crippen MR) is 56.0 cm³/mol. The molecule has 1 N–H and O–H groups in total. The quantitative estimate of drug-likeness (QED) is 0.821. The fourth-order valence-electron chi connectivity index (χ4n) is 1.40. The van der Waals surface area contributed by atoms with Gasteiger partial charge in [-0.1, -0.05) is 12.1 Å². The number of methoxy groups -OCH3 is 1. The van der Waals surface area contributed by atoms with Gasteiger partial charge in [-0.15, -0.1) is 0 Å². The molecule has 2 aromatic rings. The van der Waals surface area contributed by atoms with Crippen LogP contribution in [0.5, 0.6) is 5.75 Å². The third-order valence-corrected chi connectivity index (χ3v) is 2.14. The molecule has 0 amide bonds. The van der Waals surface area contributed by atoms with Gasteiger partial charge in [-0.2, -0.15) is 5.10 Å². The lowest BCUT2D eigenvalue weighted by molar-refractivity contribution is 0.276. The maximum atomic E-state index is 8.92. The summed E-state index contributed by atoms with van der Waals surface area (Å²) in [6.45, 7) is -0.0534. The summed E-state index contributed by atoms with van der Waals surface area (Å²) < 4.78 is 6.90. The van der Waals surface area contributed by atoms with E-state index in [1.54, 1.807) is 24.1 Å². The minimum Gasteiger partial charge on any atom is -0.494 e. The molecular formula is C11H12N2O2. The number of nitrogens with zero attached hydrogens (tertiary/aromatic N) is 2. The van der Waals surface area contributed by atoms with Gasteiger partial charge in [0.15, 0.2) is 0 Å². The van der Waals surface area contributed by atoms with Crippen LogP contribution in [0.25, 0.3) is 5.69 Å². The Bertz CT molecular complexity index is 451. The van der Waals surface area contributed by atoms with E-state index >= 15 is 0 Å². The van der Waals surface area contributed by atoms with Crippen molar-refractivity contribution < 1.29 is 9.84 Å². The van der Waals surface area contributed by atoms with Gasteiger partial charge in [-0.3, -0.25) is 0 Å². The number of aliphatic hydroxyl groups is 1. The van der Waals surface area contributed by atoms with Crippen LogP contribution in [0.2, 0.25) is 0 Å². The van der Waals surface area contributed by atoms with E-state index in [-0.39, 0.29) is 6.61 Å². The number of rotatable bonds is 3. The van der Waals surface area contributed by atoms with Crippen LogP contribution in [0.15, 0.2) is 36.5 Å². The van der Waals surface area contributed by atoms with Crippen LogP contribution in [0.3, 0.4) is 0 Å². The van der Waals surface area contributed by atoms with Crippen molar-refractivity contribution in [1.82, 2.24) is 9.78 Å². The zero-order valence-corrected chi connectivity index (χ0v) is 8.42. The Labute approximate surface area is 87.7 Å². The summed E-state index contributed by atoms with van der Waals surface area (Å²) in [7, 11) is 1.62. The summed E-state index contributed by atoms with van der Waals surface area (Å²) >= 11 is 0. The second kappa shape index (κ2) is 4.14. The Hall–Kier alpha value is -1.81. The largest absolute Gasteiger partial charge is 0.494 e. The molecule has 0 radical (unpaired) electrons. The van der Waals surface area contributed by atoms with Crippen molar-refractivity contribution in [2.45, 2.75) is 6.61 Å². The number of hydrogen-bond acceptors (Lipinski definition) is 3. The summed E-state index contributed by atoms with van der Waals surface area (Å²) in [6.07, 6.45) is 1.80. The van der Waals surface area contributed by atoms with Crippen molar-refractivity contribution in [2.75, 3.05) is 7.11 Å². The maximum Gasteiger partial charge on any atom is 0.144 e. The van der Waals surface area contributed by atoms with E-state index in [9.17, 15) is 0 Å². The van der Waals surface area contributed by atoms with Gasteiger partial charge < -0.3 is 9.84 Å². The molecule has 0 aliphatic heterocycles. The smallest absolute Gasteiger partial charge is 0.144 e. The molecule has 1 aromatic heterocycles. The lowest BCUT2D eigenvalue weighted by Gasteiger charge is -2.07. The van der Waals surface area contributed by atoms with Gasteiger partial charge in [-0.05, 0) is 18.2 Å². The van der Waals surface area contributed by atoms with E-state index < -0.39 is 0 Å². The van der Waals surface area contributed by atoms with Gasteiger partial charge in [0.1, 0.15) is 11.4 Å². The highest BCUT2D eigenvalue weighted by Gasteiger charge is 2.05. The normalized spacial score (nSPS) is 10.3. The van der Waals surface area contributed by atoms with E-state index in [4.69, 9.17) is 9.84 Å². The molecule has 0 fully saturated rings. The Balaban J connectivity index is 2.44. The molecule has 0 saturated heterocycles. The highest BCUT2D eigenvalue weighted by molar-refractivity contribution is 5.45. The van der Waals surface area contributed by atoms with Gasteiger partial charge in [0.05, 0.1) is 19.4 Å². The van der Waals surface area contributed by atoms with Gasteiger partial charge in [0.25, 0.3) is 0 Å². The fourth-order valence-corrected chi connectivity index (χ4v) is 1.40. The number of hydrogen-bond donors (Lipinski definition) is 1. The molecule has 2 rings (SSSR count). The molecule has 0 unspecified atom stereocenters. The maximum absolute atomic E-state index is 8.92. The summed E-state index contributed by atoms with van der Waals surface area (Å²) in [6, 6.07) is 9.37. The standard InChI is InChI=1S/C11H12N2O2/c1-15-11-5-3-2-4-10(11)13-7-6-9(8-14)12-13/h2-7,14H,8H2,1H3. The molecule has 0 aliphatic rings. The number of benzene rings is 1. The van der Waals surface area contributed by atoms with Crippen molar-refractivity contribution >= 4 is 0 Å². The van der Waals surface area contributed by atoms with E-state index in [0.717, 1.165) is 11.4 Å². The van der Waals surface area contributed by atoms with Gasteiger partial charge in [0, 0.05) is 6.20 Å². The van der Waals surface area contributed by atoms with Crippen molar-refractivity contribution in [2.24, 2.45) is 0 Å². The Kier molecular flexibility index (Phi) is 2.69. The molecule has 15 heavy (non-hydrogen) atoms. The minimum atomic E-state index is -0.0534. The molecule has 0 atom stereocenters. The fraction of sp³-hybridized carbons (Fsp3) is 0.182. The summed E-state index contributed by atoms with van der Waals surface area (Å²) in [4.78, 5) is 0. The van der Waals surface area contributed by atoms with Crippen molar-refractivity contribution in [3.63, 3.8) is 0 Å². The Morgan fingerprint density at radius 1 is 1.33 bits per heavy atom. The third kappa shape index (κ3) is 1.85. The van der Waals surface area contributed by atoms with Crippen LogP contribution in [0, 0.1) is 0 Å². The molecule has 4 nitrogen and oxygen atoms in total. The summed E-state index contributed by atoms with van der Waals surface area (Å²) in [5, 5.41) is 13.1. The molecule has 1 aromatic carbocycles. The number of aromatic nitrogens is 2. The first kappa shape index (κ1) is 9.73. The van der Waals surface area contributed by atoms with Crippen molar-refractivity contribution in [1.29, 1.82) is 0 Å². The number of para-hydroxylation sites is 2. The minimum absolute atomic E-state index is 0.0534. The van der Waals surface area contributed by atoms with Crippen LogP contribution < -0.4 is 4.74 Å². The zero-order chi connectivity index (χ0) is 10.7. The molecule has 0 aliphatic carbocycles. The average molecular weight is 204 g/mol. The van der Waals surface area contributed by atoms with Crippen LogP contribution >= 0.6 is 0 Å². The lowest BCUT2D eigenvalue weighted by Crippen LogP contribution is -1.99. The molecule has 1 heterocycles. The molecule has 78 valence electrons. The van der Waals surface area contributed by atoms with E-state index in [1.807, 2.05) is 24.3 Å². The predicted octanol–water partition coefficient (Wildman–Crippen LogP) is 1.37. The second-order valence-corrected chi connectivity index (χ2v) is 3.08. The molecule has 0 bridgehead atoms. The highest BCUT2D eigenvalue weighted by atomic mass is 16.5. The zero-order valence-electron chi connectivity index (χ0n) is 8.42. The van der Waals surface area contributed by atoms with Crippen LogP contribution in [-0.4, -0.2) is 22.0 Å². The topological polar surface area (TPSA) is 47.3 Å². The lowest BCUT2D eigenvalue weighted by atomic mass is 10.3. The van der Waals surface area contributed by atoms with Crippen molar-refractivity contribution in [3.05, 3.63) is 42.2 Å². The Morgan fingerprint density at radius 3 is 2.80 bits per heavy atom. The van der Waals surface area contributed by atoms with E-state index in [1.165, 1.54) is 0 Å². The van der Waals surface area contributed by atoms with Crippen LogP contribution in [0.4, 0.5) is 0 Å². The van der Waals surface area contributed by atoms with Gasteiger partial charge in [-0.25, -0.2) is 4.68 Å². The monoisotopic (exact) mass is 204 g/mol. The second-order valence-electron chi connectivity index (χ2n) is 3.08. The highest BCUT2D eigenvalue weighted by Crippen LogP contribution is 2.21. The number of ether oxygens (including phenoxy) is 1. The van der Waals surface area contributed by atoms with Gasteiger partial charge in [0.2, 0.25) is 0 Å². The third-order valence-electron chi connectivity index (χ3n) is 2.14. The summed E-state index contributed by atoms with van der Waals surface area (Å²) in [5.74, 6) is 0.755. The van der Waals surface area contributed by atoms with Crippen LogP contribution in [0.1, 0.15) is 5.69 Å². The van der Waals surface area contributed by atoms with E-state index in [0.29, 0.717) is 5.69 Å². The Morgan fingerprint density at radius 2 is 2.13 bits per heavy atom. The first-order valence-electron chi connectivity index (χ1n) is 4.64. The van der Waals surface area contributed by atoms with E-state index in [2.05, 4.69) is 5.10 Å². The molecule has 0 spiro atoms. The average Bonchev–Trinajstić information content (AvgIpc) is 2.77. The van der Waals surface area contributed by atoms with Crippen LogP contribution in [-0.2, 0) is 6.61 Å². The van der Waals surface area contributed by atoms with Crippen molar-refractivity contribution in [3.8, 4) is 11.4 Å². The molecule has 0 saturated carbocycles. The first-order chi connectivity index (χ1) is 7.35. The molecular weight excluding hydrogens is 192 g/mol. The van der Waals surface area contributed by atoms with Gasteiger partial charge >= 0.3 is 0 Å².